The van der Waals surface area contributed by atoms with Gasteiger partial charge in [0.15, 0.2) is 23.1 Å². The van der Waals surface area contributed by atoms with Crippen molar-refractivity contribution in [2.45, 2.75) is 25.6 Å². The van der Waals surface area contributed by atoms with E-state index >= 15 is 4.39 Å². The average Bonchev–Trinajstić information content (AvgIpc) is 3.04. The van der Waals surface area contributed by atoms with E-state index in [2.05, 4.69) is 15.6 Å². The number of benzene rings is 3. The number of anilines is 1. The molecule has 5 rings (SSSR count). The average molecular weight is 645 g/mol. The SMILES string of the molecule is COc1c(OCC2CCNCC2)cc2ncccc2c1Oc1ccc(NC(=O)C(=O)NCc2ccc(F)cc2C(F)(F)F)cc1F. The first-order valence-electron chi connectivity index (χ1n) is 14.2. The zero-order valence-electron chi connectivity index (χ0n) is 24.5. The molecule has 2 heterocycles. The second-order valence-electron chi connectivity index (χ2n) is 10.5. The Morgan fingerprint density at radius 3 is 2.48 bits per heavy atom. The van der Waals surface area contributed by atoms with Gasteiger partial charge in [-0.2, -0.15) is 13.2 Å². The minimum Gasteiger partial charge on any atom is -0.490 e. The van der Waals surface area contributed by atoms with Crippen LogP contribution in [0.5, 0.6) is 23.0 Å². The number of ether oxygens (including phenoxy) is 3. The summed E-state index contributed by atoms with van der Waals surface area (Å²) in [5, 5.41) is 8.07. The molecule has 0 spiro atoms. The quantitative estimate of drug-likeness (QED) is 0.152. The molecule has 0 unspecified atom stereocenters. The summed E-state index contributed by atoms with van der Waals surface area (Å²) in [4.78, 5) is 29.1. The van der Waals surface area contributed by atoms with E-state index in [0.717, 1.165) is 44.1 Å². The predicted octanol–water partition coefficient (Wildman–Crippen LogP) is 5.97. The fraction of sp³-hybridized carbons (Fsp3) is 0.281. The minimum atomic E-state index is -4.88. The Balaban J connectivity index is 1.29. The highest BCUT2D eigenvalue weighted by Crippen LogP contribution is 2.45. The van der Waals surface area contributed by atoms with Gasteiger partial charge in [0.25, 0.3) is 0 Å². The predicted molar refractivity (Wildman–Crippen MR) is 158 cm³/mol. The lowest BCUT2D eigenvalue weighted by molar-refractivity contribution is -0.139. The number of aromatic nitrogens is 1. The molecule has 3 aromatic carbocycles. The second kappa shape index (κ2) is 14.0. The van der Waals surface area contributed by atoms with Crippen molar-refractivity contribution in [1.29, 1.82) is 0 Å². The van der Waals surface area contributed by atoms with Crippen molar-refractivity contribution in [3.63, 3.8) is 0 Å². The van der Waals surface area contributed by atoms with Gasteiger partial charge in [-0.05, 0) is 73.8 Å². The highest BCUT2D eigenvalue weighted by atomic mass is 19.4. The largest absolute Gasteiger partial charge is 0.490 e. The van der Waals surface area contributed by atoms with Gasteiger partial charge in [-0.3, -0.25) is 14.6 Å². The Hall–Kier alpha value is -4.98. The second-order valence-corrected chi connectivity index (χ2v) is 10.5. The van der Waals surface area contributed by atoms with Gasteiger partial charge in [-0.15, -0.1) is 0 Å². The molecule has 0 saturated carbocycles. The highest BCUT2D eigenvalue weighted by molar-refractivity contribution is 6.39. The number of rotatable bonds is 9. The fourth-order valence-corrected chi connectivity index (χ4v) is 4.99. The molecular formula is C32H29F5N4O5. The van der Waals surface area contributed by atoms with E-state index < -0.39 is 47.3 Å². The van der Waals surface area contributed by atoms with Gasteiger partial charge in [0, 0.05) is 35.9 Å². The van der Waals surface area contributed by atoms with E-state index in [0.29, 0.717) is 35.2 Å². The molecule has 4 aromatic rings. The number of hydrogen-bond donors (Lipinski definition) is 3. The van der Waals surface area contributed by atoms with Crippen LogP contribution in [-0.4, -0.2) is 43.6 Å². The summed E-state index contributed by atoms with van der Waals surface area (Å²) in [6, 6.07) is 10.5. The molecule has 242 valence electrons. The molecule has 3 N–H and O–H groups in total. The zero-order valence-corrected chi connectivity index (χ0v) is 24.5. The van der Waals surface area contributed by atoms with Gasteiger partial charge in [-0.1, -0.05) is 6.07 Å². The third-order valence-corrected chi connectivity index (χ3v) is 7.34. The zero-order chi connectivity index (χ0) is 32.8. The monoisotopic (exact) mass is 644 g/mol. The molecule has 0 radical (unpaired) electrons. The van der Waals surface area contributed by atoms with Crippen molar-refractivity contribution in [2.75, 3.05) is 32.1 Å². The molecule has 14 heteroatoms. The number of carbonyl (C=O) groups excluding carboxylic acids is 2. The van der Waals surface area contributed by atoms with Gasteiger partial charge < -0.3 is 30.2 Å². The number of alkyl halides is 3. The number of hydrogen-bond acceptors (Lipinski definition) is 7. The molecule has 1 aliphatic rings. The number of fused-ring (bicyclic) bond motifs is 1. The lowest BCUT2D eigenvalue weighted by atomic mass is 9.99. The van der Waals surface area contributed by atoms with Crippen molar-refractivity contribution in [1.82, 2.24) is 15.6 Å². The van der Waals surface area contributed by atoms with Gasteiger partial charge in [0.2, 0.25) is 5.75 Å². The molecule has 9 nitrogen and oxygen atoms in total. The van der Waals surface area contributed by atoms with Crippen molar-refractivity contribution in [3.05, 3.63) is 83.6 Å². The Labute approximate surface area is 260 Å². The maximum Gasteiger partial charge on any atom is 0.416 e. The van der Waals surface area contributed by atoms with Crippen LogP contribution in [0.1, 0.15) is 24.0 Å². The van der Waals surface area contributed by atoms with Gasteiger partial charge in [0.1, 0.15) is 5.82 Å². The molecule has 1 fully saturated rings. The summed E-state index contributed by atoms with van der Waals surface area (Å²) in [5.41, 5.74) is -1.33. The highest BCUT2D eigenvalue weighted by Gasteiger charge is 2.34. The number of piperidine rings is 1. The Morgan fingerprint density at radius 1 is 0.978 bits per heavy atom. The lowest BCUT2D eigenvalue weighted by Crippen LogP contribution is -2.35. The first-order valence-corrected chi connectivity index (χ1v) is 14.2. The van der Waals surface area contributed by atoms with Gasteiger partial charge in [0.05, 0.1) is 24.8 Å². The standard InChI is InChI=1S/C32H29F5N4O5/c1-44-29-27(45-17-18-8-11-38-12-9-18)15-25-22(3-2-10-39-25)28(29)46-26-7-6-21(14-24(26)34)41-31(43)30(42)40-16-19-4-5-20(33)13-23(19)32(35,36)37/h2-7,10,13-15,18,38H,8-9,11-12,16-17H2,1H3,(H,40,42)(H,41,43). The van der Waals surface area contributed by atoms with Crippen LogP contribution in [-0.2, 0) is 22.3 Å². The summed E-state index contributed by atoms with van der Waals surface area (Å²) in [6.07, 6.45) is -1.36. The smallest absolute Gasteiger partial charge is 0.416 e. The Morgan fingerprint density at radius 2 is 1.76 bits per heavy atom. The van der Waals surface area contributed by atoms with Crippen LogP contribution in [0.2, 0.25) is 0 Å². The van der Waals surface area contributed by atoms with Crippen LogP contribution in [0.25, 0.3) is 10.9 Å². The van der Waals surface area contributed by atoms with E-state index in [1.165, 1.54) is 19.2 Å². The number of halogens is 5. The first-order chi connectivity index (χ1) is 22.0. The van der Waals surface area contributed by atoms with Crippen molar-refractivity contribution < 1.29 is 45.8 Å². The van der Waals surface area contributed by atoms with E-state index in [-0.39, 0.29) is 22.9 Å². The maximum absolute atomic E-state index is 15.3. The minimum absolute atomic E-state index is 0.125. The number of pyridine rings is 1. The number of methoxy groups -OCH3 is 1. The van der Waals surface area contributed by atoms with Gasteiger partial charge >= 0.3 is 18.0 Å². The van der Waals surface area contributed by atoms with Crippen LogP contribution in [0.3, 0.4) is 0 Å². The van der Waals surface area contributed by atoms with Crippen LogP contribution in [0.15, 0.2) is 60.8 Å². The fourth-order valence-electron chi connectivity index (χ4n) is 4.99. The topological polar surface area (TPSA) is 111 Å². The molecule has 2 amide bonds. The van der Waals surface area contributed by atoms with Gasteiger partial charge in [-0.25, -0.2) is 8.78 Å². The van der Waals surface area contributed by atoms with Crippen molar-refractivity contribution in [3.8, 4) is 23.0 Å². The molecule has 1 aliphatic heterocycles. The van der Waals surface area contributed by atoms with E-state index in [4.69, 9.17) is 14.2 Å². The summed E-state index contributed by atoms with van der Waals surface area (Å²) in [7, 11) is 1.43. The van der Waals surface area contributed by atoms with E-state index in [9.17, 15) is 27.2 Å². The van der Waals surface area contributed by atoms with E-state index in [1.54, 1.807) is 24.4 Å². The molecule has 46 heavy (non-hydrogen) atoms. The number of nitrogens with zero attached hydrogens (tertiary/aromatic N) is 1. The third kappa shape index (κ3) is 7.62. The lowest BCUT2D eigenvalue weighted by Gasteiger charge is -2.24. The molecule has 0 atom stereocenters. The normalized spacial score (nSPS) is 13.7. The summed E-state index contributed by atoms with van der Waals surface area (Å²) in [5.74, 6) is -3.69. The molecular weight excluding hydrogens is 615 g/mol. The summed E-state index contributed by atoms with van der Waals surface area (Å²) >= 11 is 0. The Kier molecular flexibility index (Phi) is 9.85. The Bertz CT molecular complexity index is 1740. The van der Waals surface area contributed by atoms with Crippen LogP contribution < -0.4 is 30.2 Å². The summed E-state index contributed by atoms with van der Waals surface area (Å²) < 4.78 is 86.0. The van der Waals surface area contributed by atoms with E-state index in [1.807, 2.05) is 5.32 Å². The number of amides is 2. The van der Waals surface area contributed by atoms with Crippen molar-refractivity contribution in [2.24, 2.45) is 5.92 Å². The molecule has 0 bridgehead atoms. The van der Waals surface area contributed by atoms with Crippen LogP contribution in [0.4, 0.5) is 27.6 Å². The number of nitrogens with one attached hydrogen (secondary N) is 3. The molecule has 0 aliphatic carbocycles. The molecule has 1 aromatic heterocycles. The van der Waals surface area contributed by atoms with Crippen LogP contribution >= 0.6 is 0 Å². The van der Waals surface area contributed by atoms with Crippen molar-refractivity contribution >= 4 is 28.4 Å². The first kappa shape index (κ1) is 32.4. The molecule has 1 saturated heterocycles. The third-order valence-electron chi connectivity index (χ3n) is 7.34. The summed E-state index contributed by atoms with van der Waals surface area (Å²) in [6.45, 7) is 1.54. The number of carbonyl (C=O) groups is 2. The van der Waals surface area contributed by atoms with Crippen LogP contribution in [0, 0.1) is 17.6 Å². The maximum atomic E-state index is 15.3.